The van der Waals surface area contributed by atoms with E-state index in [1.807, 2.05) is 48.7 Å². The summed E-state index contributed by atoms with van der Waals surface area (Å²) in [7, 11) is 0. The molecule has 34 heavy (non-hydrogen) atoms. The second-order valence-corrected chi connectivity index (χ2v) is 9.35. The summed E-state index contributed by atoms with van der Waals surface area (Å²) in [5.41, 5.74) is 17.3. The highest BCUT2D eigenvalue weighted by atomic mass is 32.1. The first kappa shape index (κ1) is 23.5. The molecule has 2 aromatic carbocycles. The second-order valence-electron chi connectivity index (χ2n) is 7.40. The number of thiophene rings is 1. The molecular formula is C24H28N8S2. The molecule has 0 aliphatic carbocycles. The molecule has 10 heteroatoms. The van der Waals surface area contributed by atoms with E-state index >= 15 is 0 Å². The summed E-state index contributed by atoms with van der Waals surface area (Å²) in [6.45, 7) is 8.38. The predicted octanol–water partition coefficient (Wildman–Crippen LogP) is 7.65. The molecule has 176 valence electrons. The lowest BCUT2D eigenvalue weighted by atomic mass is 10.2. The maximum Gasteiger partial charge on any atom is 0.201 e. The van der Waals surface area contributed by atoms with Crippen LogP contribution in [0.1, 0.15) is 19.4 Å². The molecule has 0 aliphatic heterocycles. The van der Waals surface area contributed by atoms with Gasteiger partial charge in [-0.1, -0.05) is 11.3 Å². The lowest BCUT2D eigenvalue weighted by Gasteiger charge is -2.18. The number of thiazole rings is 1. The molecule has 0 bridgehead atoms. The third kappa shape index (κ3) is 6.24. The van der Waals surface area contributed by atoms with Gasteiger partial charge in [-0.05, 0) is 80.9 Å². The van der Waals surface area contributed by atoms with Gasteiger partial charge >= 0.3 is 0 Å². The fraction of sp³-hybridized carbons (Fsp3) is 0.208. The number of aromatic nitrogens is 1. The molecule has 4 rings (SSSR count). The maximum atomic E-state index is 4.42. The Kier molecular flexibility index (Phi) is 7.95. The van der Waals surface area contributed by atoms with Gasteiger partial charge in [0.2, 0.25) is 5.13 Å². The van der Waals surface area contributed by atoms with Gasteiger partial charge in [0.05, 0.1) is 27.8 Å². The second kappa shape index (κ2) is 11.5. The SMILES string of the molecule is CCN(CC)c1ccc(NNc2ccc(N=Nc3ccc(NNc4nccs4)cc3)c(C)c2)s1. The van der Waals surface area contributed by atoms with Gasteiger partial charge in [-0.2, -0.15) is 10.2 Å². The van der Waals surface area contributed by atoms with Crippen LogP contribution in [-0.2, 0) is 0 Å². The molecular weight excluding hydrogens is 464 g/mol. The van der Waals surface area contributed by atoms with Gasteiger partial charge in [0, 0.05) is 24.7 Å². The van der Waals surface area contributed by atoms with Gasteiger partial charge < -0.3 is 10.3 Å². The van der Waals surface area contributed by atoms with Gasteiger partial charge in [0.1, 0.15) is 5.00 Å². The van der Waals surface area contributed by atoms with E-state index in [0.717, 1.165) is 51.5 Å². The molecule has 0 spiro atoms. The quantitative estimate of drug-likeness (QED) is 0.127. The Balaban J connectivity index is 1.31. The van der Waals surface area contributed by atoms with Crippen molar-refractivity contribution in [3.8, 4) is 0 Å². The van der Waals surface area contributed by atoms with E-state index in [-0.39, 0.29) is 0 Å². The summed E-state index contributed by atoms with van der Waals surface area (Å²) < 4.78 is 0. The van der Waals surface area contributed by atoms with E-state index in [1.165, 1.54) is 16.3 Å². The summed E-state index contributed by atoms with van der Waals surface area (Å²) in [4.78, 5) is 6.51. The lowest BCUT2D eigenvalue weighted by Crippen LogP contribution is -2.20. The van der Waals surface area contributed by atoms with E-state index in [0.29, 0.717) is 0 Å². The Morgan fingerprint density at radius 3 is 2.32 bits per heavy atom. The Labute approximate surface area is 207 Å². The molecule has 4 N–H and O–H groups in total. The fourth-order valence-corrected chi connectivity index (χ4v) is 4.68. The van der Waals surface area contributed by atoms with Crippen LogP contribution in [0.4, 0.5) is 37.9 Å². The van der Waals surface area contributed by atoms with E-state index in [9.17, 15) is 0 Å². The topological polar surface area (TPSA) is 89.0 Å². The van der Waals surface area contributed by atoms with Gasteiger partial charge in [0.15, 0.2) is 0 Å². The Hall–Kier alpha value is -3.63. The van der Waals surface area contributed by atoms with Crippen LogP contribution in [0.5, 0.6) is 0 Å². The number of hydrogen-bond donors (Lipinski definition) is 4. The Morgan fingerprint density at radius 1 is 0.853 bits per heavy atom. The smallest absolute Gasteiger partial charge is 0.201 e. The Bertz CT molecular complexity index is 1200. The van der Waals surface area contributed by atoms with Crippen LogP contribution < -0.4 is 26.6 Å². The van der Waals surface area contributed by atoms with Gasteiger partial charge in [-0.15, -0.1) is 11.3 Å². The first-order chi connectivity index (χ1) is 16.6. The van der Waals surface area contributed by atoms with E-state index in [2.05, 4.69) is 73.9 Å². The van der Waals surface area contributed by atoms with Crippen LogP contribution in [0.3, 0.4) is 0 Å². The molecule has 0 radical (unpaired) electrons. The number of rotatable bonds is 11. The molecule has 0 atom stereocenters. The highest BCUT2D eigenvalue weighted by Gasteiger charge is 2.06. The van der Waals surface area contributed by atoms with Crippen LogP contribution in [0, 0.1) is 6.92 Å². The minimum absolute atomic E-state index is 0.782. The van der Waals surface area contributed by atoms with Crippen molar-refractivity contribution in [2.75, 3.05) is 39.7 Å². The number of benzene rings is 2. The number of hydrogen-bond acceptors (Lipinski definition) is 10. The first-order valence-corrected chi connectivity index (χ1v) is 12.7. The number of nitrogens with one attached hydrogen (secondary N) is 4. The van der Waals surface area contributed by atoms with Crippen molar-refractivity contribution in [2.45, 2.75) is 20.8 Å². The minimum Gasteiger partial charge on any atom is -0.364 e. The summed E-state index contributed by atoms with van der Waals surface area (Å²) in [5.74, 6) is 0. The zero-order valence-corrected chi connectivity index (χ0v) is 21.0. The van der Waals surface area contributed by atoms with Crippen molar-refractivity contribution in [1.82, 2.24) is 4.98 Å². The number of azo groups is 1. The molecule has 0 aliphatic rings. The molecule has 0 amide bonds. The zero-order chi connectivity index (χ0) is 23.8. The lowest BCUT2D eigenvalue weighted by molar-refractivity contribution is 0.876. The monoisotopic (exact) mass is 492 g/mol. The van der Waals surface area contributed by atoms with Crippen LogP contribution in [0.15, 0.2) is 76.4 Å². The maximum absolute atomic E-state index is 4.42. The average Bonchev–Trinajstić information content (AvgIpc) is 3.55. The molecule has 0 unspecified atom stereocenters. The number of aryl methyl sites for hydroxylation is 1. The van der Waals surface area contributed by atoms with Crippen LogP contribution >= 0.6 is 22.7 Å². The van der Waals surface area contributed by atoms with E-state index in [4.69, 9.17) is 0 Å². The highest BCUT2D eigenvalue weighted by Crippen LogP contribution is 2.30. The molecule has 2 heterocycles. The minimum atomic E-state index is 0.782. The zero-order valence-electron chi connectivity index (χ0n) is 19.4. The first-order valence-electron chi connectivity index (χ1n) is 11.1. The number of hydrazine groups is 2. The molecule has 4 aromatic rings. The highest BCUT2D eigenvalue weighted by molar-refractivity contribution is 7.20. The standard InChI is InChI=1S/C24H28N8S2/c1-4-32(5-2)23-13-12-22(34-23)30-28-20-10-11-21(17(3)16-20)29-26-18-6-8-19(9-7-18)27-31-24-25-14-15-33-24/h6-16,27-28,30H,4-5H2,1-3H3,(H,25,31). The predicted molar refractivity (Wildman–Crippen MR) is 146 cm³/mol. The van der Waals surface area contributed by atoms with Crippen molar-refractivity contribution in [3.63, 3.8) is 0 Å². The molecule has 2 aromatic heterocycles. The van der Waals surface area contributed by atoms with Crippen molar-refractivity contribution in [1.29, 1.82) is 0 Å². The van der Waals surface area contributed by atoms with Crippen molar-refractivity contribution in [2.24, 2.45) is 10.2 Å². The van der Waals surface area contributed by atoms with Gasteiger partial charge in [0.25, 0.3) is 0 Å². The fourth-order valence-electron chi connectivity index (χ4n) is 3.21. The summed E-state index contributed by atoms with van der Waals surface area (Å²) in [6.07, 6.45) is 1.76. The van der Waals surface area contributed by atoms with Crippen LogP contribution in [-0.4, -0.2) is 18.1 Å². The van der Waals surface area contributed by atoms with Gasteiger partial charge in [-0.25, -0.2) is 4.98 Å². The number of anilines is 5. The van der Waals surface area contributed by atoms with E-state index < -0.39 is 0 Å². The Morgan fingerprint density at radius 2 is 1.62 bits per heavy atom. The number of nitrogens with zero attached hydrogens (tertiary/aromatic N) is 4. The summed E-state index contributed by atoms with van der Waals surface area (Å²) in [5, 5.41) is 13.9. The van der Waals surface area contributed by atoms with Crippen molar-refractivity contribution < 1.29 is 0 Å². The molecule has 0 saturated heterocycles. The largest absolute Gasteiger partial charge is 0.364 e. The van der Waals surface area contributed by atoms with Crippen molar-refractivity contribution in [3.05, 3.63) is 71.7 Å². The summed E-state index contributed by atoms with van der Waals surface area (Å²) >= 11 is 3.26. The third-order valence-electron chi connectivity index (χ3n) is 5.08. The molecule has 0 saturated carbocycles. The van der Waals surface area contributed by atoms with Crippen molar-refractivity contribution >= 4 is 60.6 Å². The summed E-state index contributed by atoms with van der Waals surface area (Å²) in [6, 6.07) is 18.0. The van der Waals surface area contributed by atoms with E-state index in [1.54, 1.807) is 17.5 Å². The molecule has 8 nitrogen and oxygen atoms in total. The van der Waals surface area contributed by atoms with Gasteiger partial charge in [-0.3, -0.25) is 16.3 Å². The van der Waals surface area contributed by atoms with Crippen LogP contribution in [0.25, 0.3) is 0 Å². The van der Waals surface area contributed by atoms with Crippen LogP contribution in [0.2, 0.25) is 0 Å². The average molecular weight is 493 g/mol. The molecule has 0 fully saturated rings. The normalized spacial score (nSPS) is 10.9. The third-order valence-corrected chi connectivity index (χ3v) is 6.83.